The standard InChI is InChI=1S/C46H74O16/c1-24-17-25(2)21-33(47)35(57-12)23-34(30(7)46(54)42(58-13)41(51)45(9,53)36(62-46)15-14-16-55-10)60-43(52)29(6)22-32(56-11)20-26(3)19-28(5)40(27(4)18-24)61-44-39(50)38(49)37(48)31(8)59-44/h17-22,28,30-31,33-42,44,47-51,53-54H,14-16,23H2,1-13H3/b24-17+,25-21+,26-19+,27-18+,29-22+,32-20+/t28?,30?,31-,33?,34?,35?,36?,37-,38+,39-,40?,41?,42?,44-,45?,46?/m0/s1. The predicted molar refractivity (Wildman–Crippen MR) is 229 cm³/mol. The summed E-state index contributed by atoms with van der Waals surface area (Å²) in [4.78, 5) is 14.0. The van der Waals surface area contributed by atoms with Gasteiger partial charge < -0.3 is 73.6 Å². The van der Waals surface area contributed by atoms with Crippen molar-refractivity contribution in [3.63, 3.8) is 0 Å². The van der Waals surface area contributed by atoms with Crippen LogP contribution in [0.15, 0.2) is 70.1 Å². The summed E-state index contributed by atoms with van der Waals surface area (Å²) in [7, 11) is 5.64. The average Bonchev–Trinajstić information content (AvgIpc) is 3.20. The lowest BCUT2D eigenvalue weighted by Crippen LogP contribution is -2.72. The second-order valence-corrected chi connectivity index (χ2v) is 17.3. The van der Waals surface area contributed by atoms with Crippen LogP contribution in [0.25, 0.3) is 0 Å². The normalized spacial score (nSPS) is 44.3. The van der Waals surface area contributed by atoms with E-state index in [9.17, 15) is 40.5 Å². The van der Waals surface area contributed by atoms with Crippen molar-refractivity contribution in [3.8, 4) is 0 Å². The molecule has 16 atom stereocenters. The number of ether oxygens (including phenoxy) is 8. The lowest BCUT2D eigenvalue weighted by Gasteiger charge is -2.54. The van der Waals surface area contributed by atoms with E-state index in [2.05, 4.69) is 0 Å². The Kier molecular flexibility index (Phi) is 20.2. The zero-order chi connectivity index (χ0) is 46.9. The van der Waals surface area contributed by atoms with Gasteiger partial charge in [0.1, 0.15) is 48.0 Å². The third-order valence-corrected chi connectivity index (χ3v) is 12.1. The molecule has 2 saturated heterocycles. The van der Waals surface area contributed by atoms with Crippen molar-refractivity contribution < 1.29 is 78.4 Å². The summed E-state index contributed by atoms with van der Waals surface area (Å²) in [5.74, 6) is -4.31. The summed E-state index contributed by atoms with van der Waals surface area (Å²) >= 11 is 0. The summed E-state index contributed by atoms with van der Waals surface area (Å²) in [5.41, 5.74) is 1.19. The highest BCUT2D eigenvalue weighted by Crippen LogP contribution is 2.44. The van der Waals surface area contributed by atoms with Crippen LogP contribution in [0.3, 0.4) is 0 Å². The van der Waals surface area contributed by atoms with Crippen molar-refractivity contribution >= 4 is 5.97 Å². The molecule has 62 heavy (non-hydrogen) atoms. The maximum atomic E-state index is 14.0. The van der Waals surface area contributed by atoms with Gasteiger partial charge in [-0.25, -0.2) is 4.79 Å². The van der Waals surface area contributed by atoms with Gasteiger partial charge >= 0.3 is 5.97 Å². The second-order valence-electron chi connectivity index (χ2n) is 17.3. The number of cyclic esters (lactones) is 1. The molecule has 16 heteroatoms. The number of aliphatic hydroxyl groups is 7. The number of methoxy groups -OCH3 is 4. The Bertz CT molecular complexity index is 1660. The fourth-order valence-corrected chi connectivity index (χ4v) is 8.41. The van der Waals surface area contributed by atoms with E-state index in [0.717, 1.165) is 16.7 Å². The van der Waals surface area contributed by atoms with E-state index in [1.54, 1.807) is 32.9 Å². The molecule has 354 valence electrons. The molecule has 0 spiro atoms. The smallest absolute Gasteiger partial charge is 0.334 e. The Morgan fingerprint density at radius 1 is 0.839 bits per heavy atom. The van der Waals surface area contributed by atoms with Gasteiger partial charge in [-0.1, -0.05) is 54.9 Å². The van der Waals surface area contributed by atoms with E-state index in [0.29, 0.717) is 24.4 Å². The number of rotatable bonds is 11. The number of aliphatic hydroxyl groups excluding tert-OH is 5. The molecule has 0 bridgehead atoms. The van der Waals surface area contributed by atoms with Crippen LogP contribution < -0.4 is 0 Å². The highest BCUT2D eigenvalue weighted by molar-refractivity contribution is 5.88. The molecule has 0 amide bonds. The Morgan fingerprint density at radius 2 is 1.48 bits per heavy atom. The number of esters is 1. The van der Waals surface area contributed by atoms with Crippen LogP contribution in [0.5, 0.6) is 0 Å². The zero-order valence-corrected chi connectivity index (χ0v) is 38.7. The van der Waals surface area contributed by atoms with E-state index < -0.39 is 96.7 Å². The largest absolute Gasteiger partial charge is 0.497 e. The predicted octanol–water partition coefficient (Wildman–Crippen LogP) is 3.07. The van der Waals surface area contributed by atoms with Crippen LogP contribution in [0, 0.1) is 11.8 Å². The first-order valence-electron chi connectivity index (χ1n) is 21.2. The summed E-state index contributed by atoms with van der Waals surface area (Å²) in [6.07, 6.45) is -3.80. The molecule has 3 rings (SSSR count). The van der Waals surface area contributed by atoms with Crippen molar-refractivity contribution in [1.29, 1.82) is 0 Å². The van der Waals surface area contributed by atoms with Crippen LogP contribution in [0.4, 0.5) is 0 Å². The van der Waals surface area contributed by atoms with Crippen molar-refractivity contribution in [1.82, 2.24) is 0 Å². The number of carbonyl (C=O) groups excluding carboxylic acids is 1. The van der Waals surface area contributed by atoms with Gasteiger partial charge in [-0.05, 0) is 79.0 Å². The van der Waals surface area contributed by atoms with E-state index in [-0.39, 0.29) is 24.3 Å². The maximum Gasteiger partial charge on any atom is 0.334 e. The SMILES string of the molecule is COCCCC1OC(O)(C(C)C2CC(OC)C(O)/C=C(C)/C=C(C)/C=C(\C)C(O[C@@H]3O[C@@H](C)[C@H](O)[C@@H](O)[C@@H]3O)C(C)/C=C(C)/C=C(OC)\C=C(/C)C(=O)O2)C(OC)C(O)C1(C)O. The Labute approximate surface area is 367 Å². The van der Waals surface area contributed by atoms with Crippen molar-refractivity contribution in [2.75, 3.05) is 35.0 Å². The van der Waals surface area contributed by atoms with Gasteiger partial charge in [0.15, 0.2) is 6.29 Å². The number of carbonyl (C=O) groups is 1. The third kappa shape index (κ3) is 13.1. The van der Waals surface area contributed by atoms with Crippen LogP contribution in [-0.2, 0) is 42.7 Å². The van der Waals surface area contributed by atoms with Gasteiger partial charge in [-0.3, -0.25) is 0 Å². The fourth-order valence-electron chi connectivity index (χ4n) is 8.41. The van der Waals surface area contributed by atoms with Crippen LogP contribution >= 0.6 is 0 Å². The Balaban J connectivity index is 2.16. The molecule has 0 aliphatic carbocycles. The monoisotopic (exact) mass is 882 g/mol. The Hall–Kier alpha value is -2.81. The highest BCUT2D eigenvalue weighted by Gasteiger charge is 2.62. The molecule has 0 aromatic heterocycles. The van der Waals surface area contributed by atoms with E-state index in [4.69, 9.17) is 37.9 Å². The van der Waals surface area contributed by atoms with Gasteiger partial charge in [0.2, 0.25) is 5.79 Å². The molecule has 3 heterocycles. The summed E-state index contributed by atoms with van der Waals surface area (Å²) in [6.45, 7) is 15.7. The first-order valence-corrected chi connectivity index (χ1v) is 21.2. The van der Waals surface area contributed by atoms with Gasteiger partial charge in [0.25, 0.3) is 0 Å². The molecule has 7 N–H and O–H groups in total. The molecule has 16 nitrogen and oxygen atoms in total. The van der Waals surface area contributed by atoms with Gasteiger partial charge in [0, 0.05) is 45.8 Å². The minimum atomic E-state index is -2.32. The van der Waals surface area contributed by atoms with E-state index in [1.807, 2.05) is 45.9 Å². The molecule has 3 aliphatic heterocycles. The summed E-state index contributed by atoms with van der Waals surface area (Å²) in [6, 6.07) is 0. The fraction of sp³-hybridized carbons (Fsp3) is 0.717. The number of hydrogen-bond donors (Lipinski definition) is 7. The molecule has 0 saturated carbocycles. The zero-order valence-electron chi connectivity index (χ0n) is 38.7. The quantitative estimate of drug-likeness (QED) is 0.117. The van der Waals surface area contributed by atoms with Crippen molar-refractivity contribution in [2.24, 2.45) is 11.8 Å². The number of hydrogen-bond acceptors (Lipinski definition) is 16. The lowest BCUT2D eigenvalue weighted by molar-refractivity contribution is -0.393. The molecule has 11 unspecified atom stereocenters. The topological polar surface area (TPSA) is 233 Å². The second kappa shape index (κ2) is 23.4. The van der Waals surface area contributed by atoms with E-state index >= 15 is 0 Å². The highest BCUT2D eigenvalue weighted by atomic mass is 16.7. The third-order valence-electron chi connectivity index (χ3n) is 12.1. The summed E-state index contributed by atoms with van der Waals surface area (Å²) in [5, 5.41) is 78.6. The van der Waals surface area contributed by atoms with Crippen LogP contribution in [0.2, 0.25) is 0 Å². The first kappa shape index (κ1) is 53.5. The number of allylic oxidation sites excluding steroid dienone is 7. The van der Waals surface area contributed by atoms with Crippen molar-refractivity contribution in [2.45, 2.75) is 166 Å². The average molecular weight is 883 g/mol. The molecule has 0 aromatic carbocycles. The van der Waals surface area contributed by atoms with Crippen molar-refractivity contribution in [3.05, 3.63) is 70.1 Å². The van der Waals surface area contributed by atoms with Crippen LogP contribution in [-0.4, -0.2) is 162 Å². The summed E-state index contributed by atoms with van der Waals surface area (Å²) < 4.78 is 46.8. The lowest BCUT2D eigenvalue weighted by atomic mass is 9.75. The maximum absolute atomic E-state index is 14.0. The molecule has 2 fully saturated rings. The molecule has 0 aromatic rings. The molecular weight excluding hydrogens is 808 g/mol. The minimum Gasteiger partial charge on any atom is -0.497 e. The molecule has 3 aliphatic rings. The van der Waals surface area contributed by atoms with Gasteiger partial charge in [0.05, 0.1) is 43.5 Å². The van der Waals surface area contributed by atoms with E-state index in [1.165, 1.54) is 48.4 Å². The van der Waals surface area contributed by atoms with Gasteiger partial charge in [-0.15, -0.1) is 0 Å². The van der Waals surface area contributed by atoms with Crippen LogP contribution in [0.1, 0.15) is 81.6 Å². The molecular formula is C46H74O16. The minimum absolute atomic E-state index is 0.120. The van der Waals surface area contributed by atoms with Gasteiger partial charge in [-0.2, -0.15) is 0 Å². The molecule has 0 radical (unpaired) electrons. The first-order chi connectivity index (χ1) is 29.0. The Morgan fingerprint density at radius 3 is 2.08 bits per heavy atom.